The fraction of sp³-hybridized carbons (Fsp3) is 1.00. The van der Waals surface area contributed by atoms with Gasteiger partial charge in [0, 0.05) is 25.7 Å². The van der Waals surface area contributed by atoms with Crippen LogP contribution in [-0.2, 0) is 4.74 Å². The van der Waals surface area contributed by atoms with Crippen LogP contribution in [-0.4, -0.2) is 31.8 Å². The molecule has 3 nitrogen and oxygen atoms in total. The standard InChI is InChI=1S/C12H26N2O/c1-10-6-4-5-7-12(10,9-13)14-8-11(2)15-3/h10-11,14H,4-9,13H2,1-3H3. The van der Waals surface area contributed by atoms with Gasteiger partial charge >= 0.3 is 0 Å². The summed E-state index contributed by atoms with van der Waals surface area (Å²) < 4.78 is 5.26. The van der Waals surface area contributed by atoms with Gasteiger partial charge in [-0.25, -0.2) is 0 Å². The van der Waals surface area contributed by atoms with Crippen LogP contribution in [0.2, 0.25) is 0 Å². The van der Waals surface area contributed by atoms with E-state index < -0.39 is 0 Å². The van der Waals surface area contributed by atoms with Crippen LogP contribution in [0, 0.1) is 5.92 Å². The van der Waals surface area contributed by atoms with Gasteiger partial charge in [0.05, 0.1) is 6.10 Å². The molecule has 1 fully saturated rings. The summed E-state index contributed by atoms with van der Waals surface area (Å²) in [6.07, 6.45) is 5.43. The van der Waals surface area contributed by atoms with Crippen molar-refractivity contribution in [3.8, 4) is 0 Å². The lowest BCUT2D eigenvalue weighted by Gasteiger charge is -2.43. The van der Waals surface area contributed by atoms with Gasteiger partial charge in [0.15, 0.2) is 0 Å². The van der Waals surface area contributed by atoms with Crippen molar-refractivity contribution in [3.05, 3.63) is 0 Å². The molecule has 3 atom stereocenters. The highest BCUT2D eigenvalue weighted by Gasteiger charge is 2.36. The molecule has 0 aromatic rings. The van der Waals surface area contributed by atoms with Crippen molar-refractivity contribution in [2.24, 2.45) is 11.7 Å². The molecule has 3 N–H and O–H groups in total. The first kappa shape index (κ1) is 12.9. The highest BCUT2D eigenvalue weighted by molar-refractivity contribution is 4.96. The number of nitrogens with two attached hydrogens (primary N) is 1. The van der Waals surface area contributed by atoms with Crippen LogP contribution < -0.4 is 11.1 Å². The molecular formula is C12H26N2O. The Hall–Kier alpha value is -0.120. The molecule has 0 heterocycles. The monoisotopic (exact) mass is 214 g/mol. The molecule has 1 rings (SSSR count). The Kier molecular flexibility index (Phi) is 5.03. The lowest BCUT2D eigenvalue weighted by Crippen LogP contribution is -2.58. The maximum Gasteiger partial charge on any atom is 0.0667 e. The van der Waals surface area contributed by atoms with Gasteiger partial charge in [0.25, 0.3) is 0 Å². The number of methoxy groups -OCH3 is 1. The lowest BCUT2D eigenvalue weighted by atomic mass is 9.73. The van der Waals surface area contributed by atoms with E-state index in [4.69, 9.17) is 10.5 Å². The molecule has 0 bridgehead atoms. The Labute approximate surface area is 93.8 Å². The van der Waals surface area contributed by atoms with Crippen LogP contribution in [0.25, 0.3) is 0 Å². The second-order valence-corrected chi connectivity index (χ2v) is 4.93. The predicted molar refractivity (Wildman–Crippen MR) is 63.9 cm³/mol. The van der Waals surface area contributed by atoms with Crippen molar-refractivity contribution < 1.29 is 4.74 Å². The van der Waals surface area contributed by atoms with Crippen molar-refractivity contribution >= 4 is 0 Å². The van der Waals surface area contributed by atoms with E-state index in [0.29, 0.717) is 5.92 Å². The average Bonchev–Trinajstić information content (AvgIpc) is 2.28. The van der Waals surface area contributed by atoms with Crippen molar-refractivity contribution in [2.45, 2.75) is 51.2 Å². The maximum absolute atomic E-state index is 5.95. The van der Waals surface area contributed by atoms with Crippen molar-refractivity contribution in [3.63, 3.8) is 0 Å². The quantitative estimate of drug-likeness (QED) is 0.729. The van der Waals surface area contributed by atoms with Crippen molar-refractivity contribution in [1.82, 2.24) is 5.32 Å². The summed E-state index contributed by atoms with van der Waals surface area (Å²) in [5, 5.41) is 3.64. The summed E-state index contributed by atoms with van der Waals surface area (Å²) in [6.45, 7) is 6.05. The summed E-state index contributed by atoms with van der Waals surface area (Å²) >= 11 is 0. The molecule has 0 aliphatic heterocycles. The summed E-state index contributed by atoms with van der Waals surface area (Å²) in [5.74, 6) is 0.681. The molecule has 0 amide bonds. The van der Waals surface area contributed by atoms with E-state index in [2.05, 4.69) is 19.2 Å². The number of ether oxygens (including phenoxy) is 1. The van der Waals surface area contributed by atoms with Gasteiger partial charge in [-0.1, -0.05) is 19.8 Å². The number of hydrogen-bond donors (Lipinski definition) is 2. The van der Waals surface area contributed by atoms with Gasteiger partial charge in [-0.3, -0.25) is 0 Å². The third kappa shape index (κ3) is 3.16. The SMILES string of the molecule is COC(C)CNC1(CN)CCCCC1C. The molecule has 0 saturated heterocycles. The van der Waals surface area contributed by atoms with E-state index in [9.17, 15) is 0 Å². The smallest absolute Gasteiger partial charge is 0.0667 e. The van der Waals surface area contributed by atoms with E-state index in [0.717, 1.165) is 13.1 Å². The molecular weight excluding hydrogens is 188 g/mol. The Bertz CT molecular complexity index is 186. The molecule has 90 valence electrons. The van der Waals surface area contributed by atoms with E-state index in [1.54, 1.807) is 7.11 Å². The first-order valence-electron chi connectivity index (χ1n) is 6.12. The van der Waals surface area contributed by atoms with Crippen LogP contribution in [0.1, 0.15) is 39.5 Å². The third-order valence-corrected chi connectivity index (χ3v) is 3.96. The summed E-state index contributed by atoms with van der Waals surface area (Å²) in [6, 6.07) is 0. The predicted octanol–water partition coefficient (Wildman–Crippen LogP) is 1.52. The summed E-state index contributed by atoms with van der Waals surface area (Å²) in [7, 11) is 1.76. The zero-order valence-electron chi connectivity index (χ0n) is 10.4. The molecule has 1 aliphatic carbocycles. The minimum atomic E-state index is 0.158. The Balaban J connectivity index is 2.50. The second-order valence-electron chi connectivity index (χ2n) is 4.93. The number of hydrogen-bond acceptors (Lipinski definition) is 3. The fourth-order valence-corrected chi connectivity index (χ4v) is 2.48. The molecule has 15 heavy (non-hydrogen) atoms. The molecule has 1 saturated carbocycles. The largest absolute Gasteiger partial charge is 0.380 e. The lowest BCUT2D eigenvalue weighted by molar-refractivity contribution is 0.0876. The molecule has 3 unspecified atom stereocenters. The number of nitrogens with one attached hydrogen (secondary N) is 1. The van der Waals surface area contributed by atoms with E-state index in [1.165, 1.54) is 25.7 Å². The van der Waals surface area contributed by atoms with Gasteiger partial charge in [0.1, 0.15) is 0 Å². The van der Waals surface area contributed by atoms with Gasteiger partial charge in [-0.15, -0.1) is 0 Å². The van der Waals surface area contributed by atoms with Crippen LogP contribution >= 0.6 is 0 Å². The highest BCUT2D eigenvalue weighted by Crippen LogP contribution is 2.32. The van der Waals surface area contributed by atoms with Gasteiger partial charge in [0.2, 0.25) is 0 Å². The van der Waals surface area contributed by atoms with E-state index in [-0.39, 0.29) is 11.6 Å². The minimum absolute atomic E-state index is 0.158. The zero-order valence-corrected chi connectivity index (χ0v) is 10.4. The first-order chi connectivity index (χ1) is 7.14. The summed E-state index contributed by atoms with van der Waals surface area (Å²) in [4.78, 5) is 0. The van der Waals surface area contributed by atoms with Crippen LogP contribution in [0.5, 0.6) is 0 Å². The molecule has 3 heteroatoms. The Morgan fingerprint density at radius 3 is 2.80 bits per heavy atom. The van der Waals surface area contributed by atoms with E-state index >= 15 is 0 Å². The Morgan fingerprint density at radius 2 is 2.27 bits per heavy atom. The highest BCUT2D eigenvalue weighted by atomic mass is 16.5. The zero-order chi connectivity index (χ0) is 11.3. The summed E-state index contributed by atoms with van der Waals surface area (Å²) in [5.41, 5.74) is 6.11. The van der Waals surface area contributed by atoms with Gasteiger partial charge in [-0.05, 0) is 25.7 Å². The second kappa shape index (κ2) is 5.83. The molecule has 0 radical (unpaired) electrons. The topological polar surface area (TPSA) is 47.3 Å². The van der Waals surface area contributed by atoms with Gasteiger partial charge < -0.3 is 15.8 Å². The third-order valence-electron chi connectivity index (χ3n) is 3.96. The number of rotatable bonds is 5. The first-order valence-corrected chi connectivity index (χ1v) is 6.12. The van der Waals surface area contributed by atoms with Crippen molar-refractivity contribution in [2.75, 3.05) is 20.2 Å². The van der Waals surface area contributed by atoms with Crippen LogP contribution in [0.15, 0.2) is 0 Å². The average molecular weight is 214 g/mol. The van der Waals surface area contributed by atoms with E-state index in [1.807, 2.05) is 0 Å². The van der Waals surface area contributed by atoms with Crippen LogP contribution in [0.4, 0.5) is 0 Å². The Morgan fingerprint density at radius 1 is 1.53 bits per heavy atom. The fourth-order valence-electron chi connectivity index (χ4n) is 2.48. The maximum atomic E-state index is 5.95. The van der Waals surface area contributed by atoms with Crippen LogP contribution in [0.3, 0.4) is 0 Å². The van der Waals surface area contributed by atoms with Crippen molar-refractivity contribution in [1.29, 1.82) is 0 Å². The molecule has 0 aromatic heterocycles. The minimum Gasteiger partial charge on any atom is -0.380 e. The normalized spacial score (nSPS) is 34.0. The molecule has 0 aromatic carbocycles. The molecule has 1 aliphatic rings. The van der Waals surface area contributed by atoms with Gasteiger partial charge in [-0.2, -0.15) is 0 Å². The molecule has 0 spiro atoms.